The van der Waals surface area contributed by atoms with Crippen molar-refractivity contribution < 1.29 is 13.6 Å². The first-order chi connectivity index (χ1) is 7.16. The molecule has 0 aliphatic heterocycles. The Morgan fingerprint density at radius 1 is 1.13 bits per heavy atom. The first kappa shape index (κ1) is 9.92. The van der Waals surface area contributed by atoms with E-state index in [0.717, 1.165) is 29.7 Å². The molecular weight excluding hydrogens is 220 g/mol. The summed E-state index contributed by atoms with van der Waals surface area (Å²) >= 11 is 1.11. The molecule has 0 saturated carbocycles. The SMILES string of the molecule is O=C(c1cnsc1)c1cc(F)cc(F)c1. The van der Waals surface area contributed by atoms with Crippen LogP contribution in [0.4, 0.5) is 8.78 Å². The molecular formula is C10H5F2NOS. The molecule has 0 unspecified atom stereocenters. The summed E-state index contributed by atoms with van der Waals surface area (Å²) < 4.78 is 29.4. The van der Waals surface area contributed by atoms with Crippen molar-refractivity contribution in [2.75, 3.05) is 0 Å². The highest BCUT2D eigenvalue weighted by atomic mass is 32.1. The third-order valence-electron chi connectivity index (χ3n) is 1.82. The molecule has 15 heavy (non-hydrogen) atoms. The maximum atomic E-state index is 12.8. The van der Waals surface area contributed by atoms with Crippen LogP contribution in [0.5, 0.6) is 0 Å². The molecule has 0 spiro atoms. The Hall–Kier alpha value is -1.62. The Labute approximate surface area is 88.3 Å². The lowest BCUT2D eigenvalue weighted by Crippen LogP contribution is -2.01. The van der Waals surface area contributed by atoms with Gasteiger partial charge in [0.2, 0.25) is 0 Å². The van der Waals surface area contributed by atoms with Gasteiger partial charge in [0.05, 0.1) is 11.8 Å². The smallest absolute Gasteiger partial charge is 0.195 e. The molecule has 0 aliphatic rings. The number of carbonyl (C=O) groups is 1. The van der Waals surface area contributed by atoms with E-state index in [9.17, 15) is 13.6 Å². The summed E-state index contributed by atoms with van der Waals surface area (Å²) in [5.41, 5.74) is 0.331. The zero-order valence-electron chi connectivity index (χ0n) is 7.41. The first-order valence-corrected chi connectivity index (χ1v) is 4.90. The van der Waals surface area contributed by atoms with Crippen LogP contribution in [0.3, 0.4) is 0 Å². The third kappa shape index (κ3) is 2.07. The quantitative estimate of drug-likeness (QED) is 0.735. The van der Waals surface area contributed by atoms with E-state index in [1.807, 2.05) is 0 Å². The molecule has 1 aromatic heterocycles. The fourth-order valence-electron chi connectivity index (χ4n) is 1.17. The molecule has 76 valence electrons. The number of rotatable bonds is 2. The zero-order chi connectivity index (χ0) is 10.8. The molecule has 5 heteroatoms. The number of benzene rings is 1. The average molecular weight is 225 g/mol. The van der Waals surface area contributed by atoms with Crippen LogP contribution in [0.25, 0.3) is 0 Å². The lowest BCUT2D eigenvalue weighted by Gasteiger charge is -1.98. The summed E-state index contributed by atoms with van der Waals surface area (Å²) in [4.78, 5) is 11.6. The third-order valence-corrected chi connectivity index (χ3v) is 2.41. The number of halogens is 2. The lowest BCUT2D eigenvalue weighted by atomic mass is 10.1. The van der Waals surface area contributed by atoms with E-state index in [1.165, 1.54) is 11.6 Å². The summed E-state index contributed by atoms with van der Waals surface area (Å²) in [7, 11) is 0. The maximum absolute atomic E-state index is 12.8. The molecule has 0 radical (unpaired) electrons. The molecule has 0 N–H and O–H groups in total. The van der Waals surface area contributed by atoms with Gasteiger partial charge in [-0.15, -0.1) is 0 Å². The Balaban J connectivity index is 2.42. The predicted octanol–water partition coefficient (Wildman–Crippen LogP) is 2.65. The Bertz CT molecular complexity index is 476. The molecule has 0 atom stereocenters. The Kier molecular flexibility index (Phi) is 2.55. The molecule has 0 aliphatic carbocycles. The second-order valence-electron chi connectivity index (χ2n) is 2.90. The maximum Gasteiger partial charge on any atom is 0.195 e. The summed E-state index contributed by atoms with van der Waals surface area (Å²) in [5, 5.41) is 1.53. The summed E-state index contributed by atoms with van der Waals surface area (Å²) in [6, 6.07) is 2.73. The Morgan fingerprint density at radius 2 is 1.80 bits per heavy atom. The van der Waals surface area contributed by atoms with Crippen molar-refractivity contribution in [3.8, 4) is 0 Å². The Morgan fingerprint density at radius 3 is 2.33 bits per heavy atom. The molecule has 2 rings (SSSR count). The van der Waals surface area contributed by atoms with Crippen molar-refractivity contribution in [1.82, 2.24) is 4.37 Å². The second kappa shape index (κ2) is 3.86. The standard InChI is InChI=1S/C10H5F2NOS/c11-8-1-6(2-9(12)3-8)10(14)7-4-13-15-5-7/h1-5H. The van der Waals surface area contributed by atoms with Gasteiger partial charge in [-0.05, 0) is 23.7 Å². The molecule has 1 heterocycles. The topological polar surface area (TPSA) is 30.0 Å². The van der Waals surface area contributed by atoms with Crippen LogP contribution in [0, 0.1) is 11.6 Å². The van der Waals surface area contributed by atoms with E-state index >= 15 is 0 Å². The van der Waals surface area contributed by atoms with Gasteiger partial charge < -0.3 is 0 Å². The fourth-order valence-corrected chi connectivity index (χ4v) is 1.69. The fraction of sp³-hybridized carbons (Fsp3) is 0. The van der Waals surface area contributed by atoms with Crippen molar-refractivity contribution >= 4 is 17.3 Å². The lowest BCUT2D eigenvalue weighted by molar-refractivity contribution is 0.103. The van der Waals surface area contributed by atoms with Crippen LogP contribution in [0.1, 0.15) is 15.9 Å². The van der Waals surface area contributed by atoms with Gasteiger partial charge in [-0.1, -0.05) is 0 Å². The van der Waals surface area contributed by atoms with Gasteiger partial charge in [0.25, 0.3) is 0 Å². The summed E-state index contributed by atoms with van der Waals surface area (Å²) in [6.45, 7) is 0. The van der Waals surface area contributed by atoms with Crippen molar-refractivity contribution in [2.45, 2.75) is 0 Å². The van der Waals surface area contributed by atoms with Gasteiger partial charge >= 0.3 is 0 Å². The predicted molar refractivity (Wildman–Crippen MR) is 51.9 cm³/mol. The van der Waals surface area contributed by atoms with E-state index in [1.54, 1.807) is 0 Å². The van der Waals surface area contributed by atoms with Crippen LogP contribution in [0.15, 0.2) is 29.8 Å². The highest BCUT2D eigenvalue weighted by molar-refractivity contribution is 7.03. The molecule has 2 nitrogen and oxygen atoms in total. The molecule has 0 amide bonds. The van der Waals surface area contributed by atoms with Crippen LogP contribution in [-0.2, 0) is 0 Å². The number of hydrogen-bond acceptors (Lipinski definition) is 3. The number of aromatic nitrogens is 1. The van der Waals surface area contributed by atoms with Crippen LogP contribution in [0.2, 0.25) is 0 Å². The molecule has 0 fully saturated rings. The van der Waals surface area contributed by atoms with Gasteiger partial charge in [0, 0.05) is 17.0 Å². The number of ketones is 1. The first-order valence-electron chi connectivity index (χ1n) is 4.07. The minimum Gasteiger partial charge on any atom is -0.289 e. The molecule has 1 aromatic carbocycles. The summed E-state index contributed by atoms with van der Waals surface area (Å²) in [6.07, 6.45) is 1.37. The van der Waals surface area contributed by atoms with E-state index in [-0.39, 0.29) is 5.56 Å². The van der Waals surface area contributed by atoms with Gasteiger partial charge in [-0.2, -0.15) is 0 Å². The van der Waals surface area contributed by atoms with Crippen LogP contribution >= 0.6 is 11.5 Å². The van der Waals surface area contributed by atoms with Gasteiger partial charge in [-0.3, -0.25) is 4.79 Å². The van der Waals surface area contributed by atoms with Crippen molar-refractivity contribution in [1.29, 1.82) is 0 Å². The van der Waals surface area contributed by atoms with Crippen LogP contribution in [-0.4, -0.2) is 10.2 Å². The van der Waals surface area contributed by atoms with Gasteiger partial charge in [-0.25, -0.2) is 13.2 Å². The van der Waals surface area contributed by atoms with E-state index in [2.05, 4.69) is 4.37 Å². The molecule has 0 bridgehead atoms. The van der Waals surface area contributed by atoms with Crippen molar-refractivity contribution in [2.24, 2.45) is 0 Å². The zero-order valence-corrected chi connectivity index (χ0v) is 8.22. The normalized spacial score (nSPS) is 10.3. The number of hydrogen-bond donors (Lipinski definition) is 0. The number of nitrogens with zero attached hydrogens (tertiary/aromatic N) is 1. The minimum absolute atomic E-state index is 0.00676. The van der Waals surface area contributed by atoms with Gasteiger partial charge in [0.15, 0.2) is 5.78 Å². The average Bonchev–Trinajstić information content (AvgIpc) is 2.67. The van der Waals surface area contributed by atoms with Crippen molar-refractivity contribution in [3.63, 3.8) is 0 Å². The van der Waals surface area contributed by atoms with Crippen molar-refractivity contribution in [3.05, 3.63) is 52.5 Å². The number of carbonyl (C=O) groups excluding carboxylic acids is 1. The second-order valence-corrected chi connectivity index (χ2v) is 3.56. The van der Waals surface area contributed by atoms with E-state index in [4.69, 9.17) is 0 Å². The monoisotopic (exact) mass is 225 g/mol. The van der Waals surface area contributed by atoms with E-state index < -0.39 is 17.4 Å². The molecule has 0 saturated heterocycles. The largest absolute Gasteiger partial charge is 0.289 e. The van der Waals surface area contributed by atoms with Crippen LogP contribution < -0.4 is 0 Å². The van der Waals surface area contributed by atoms with Gasteiger partial charge in [0.1, 0.15) is 11.6 Å². The molecule has 2 aromatic rings. The van der Waals surface area contributed by atoms with E-state index in [0.29, 0.717) is 5.56 Å². The summed E-state index contributed by atoms with van der Waals surface area (Å²) in [5.74, 6) is -1.95. The highest BCUT2D eigenvalue weighted by Gasteiger charge is 2.12. The highest BCUT2D eigenvalue weighted by Crippen LogP contribution is 2.13. The minimum atomic E-state index is -0.762.